The second-order valence-corrected chi connectivity index (χ2v) is 2.99. The van der Waals surface area contributed by atoms with E-state index in [0.29, 0.717) is 5.69 Å². The van der Waals surface area contributed by atoms with E-state index in [2.05, 4.69) is 5.32 Å². The normalized spacial score (nSPS) is 11.8. The summed E-state index contributed by atoms with van der Waals surface area (Å²) in [7, 11) is 0. The summed E-state index contributed by atoms with van der Waals surface area (Å²) in [5.74, 6) is 0. The average Bonchev–Trinajstić information content (AvgIpc) is 2.26. The van der Waals surface area contributed by atoms with Crippen LogP contribution in [0.2, 0.25) is 0 Å². The third-order valence-corrected chi connectivity index (χ3v) is 1.89. The predicted molar refractivity (Wildman–Crippen MR) is 56.6 cm³/mol. The lowest BCUT2D eigenvalue weighted by Gasteiger charge is -2.09. The molecule has 1 atom stereocenters. The van der Waals surface area contributed by atoms with Gasteiger partial charge in [0.2, 0.25) is 0 Å². The van der Waals surface area contributed by atoms with E-state index >= 15 is 0 Å². The topological polar surface area (TPSA) is 124 Å². The van der Waals surface area contributed by atoms with E-state index in [4.69, 9.17) is 5.73 Å². The van der Waals surface area contributed by atoms with Gasteiger partial charge in [-0.3, -0.25) is 20.2 Å². The molecule has 0 spiro atoms. The van der Waals surface area contributed by atoms with Gasteiger partial charge in [-0.15, -0.1) is 0 Å². The molecular formula is C8H10N4O4. The minimum atomic E-state index is -1.10. The molecule has 8 nitrogen and oxygen atoms in total. The van der Waals surface area contributed by atoms with Gasteiger partial charge in [0.05, 0.1) is 11.5 Å². The smallest absolute Gasteiger partial charge is 0.296 e. The summed E-state index contributed by atoms with van der Waals surface area (Å²) in [6, 6.07) is 5.31. The highest BCUT2D eigenvalue weighted by molar-refractivity contribution is 5.48. The molecule has 0 bridgehead atoms. The zero-order valence-electron chi connectivity index (χ0n) is 8.20. The molecule has 1 unspecified atom stereocenters. The predicted octanol–water partition coefficient (Wildman–Crippen LogP) is 0.568. The van der Waals surface area contributed by atoms with Crippen LogP contribution in [-0.4, -0.2) is 22.6 Å². The van der Waals surface area contributed by atoms with E-state index in [-0.39, 0.29) is 12.2 Å². The van der Waals surface area contributed by atoms with Crippen LogP contribution >= 0.6 is 0 Å². The Morgan fingerprint density at radius 3 is 2.19 bits per heavy atom. The molecule has 0 amide bonds. The van der Waals surface area contributed by atoms with Crippen molar-refractivity contribution in [3.8, 4) is 0 Å². The highest BCUT2D eigenvalue weighted by atomic mass is 16.6. The molecule has 1 aromatic rings. The Morgan fingerprint density at radius 2 is 1.81 bits per heavy atom. The Morgan fingerprint density at radius 1 is 1.25 bits per heavy atom. The van der Waals surface area contributed by atoms with Crippen molar-refractivity contribution in [3.63, 3.8) is 0 Å². The number of nitro groups is 2. The lowest BCUT2D eigenvalue weighted by atomic mass is 10.3. The number of rotatable bonds is 5. The van der Waals surface area contributed by atoms with E-state index in [1.165, 1.54) is 24.3 Å². The van der Waals surface area contributed by atoms with Crippen molar-refractivity contribution in [1.82, 2.24) is 0 Å². The molecule has 0 aliphatic carbocycles. The molecule has 3 N–H and O–H groups in total. The monoisotopic (exact) mass is 226 g/mol. The fourth-order valence-electron chi connectivity index (χ4n) is 1.07. The number of benzene rings is 1. The first-order valence-electron chi connectivity index (χ1n) is 4.39. The molecule has 0 aliphatic heterocycles. The van der Waals surface area contributed by atoms with E-state index in [9.17, 15) is 20.2 Å². The highest BCUT2D eigenvalue weighted by Gasteiger charge is 2.17. The van der Waals surface area contributed by atoms with E-state index in [1.54, 1.807) is 0 Å². The van der Waals surface area contributed by atoms with Gasteiger partial charge in [-0.2, -0.15) is 0 Å². The minimum absolute atomic E-state index is 0.0732. The summed E-state index contributed by atoms with van der Waals surface area (Å²) in [5.41, 5.74) is 5.53. The molecule has 0 fully saturated rings. The molecule has 86 valence electrons. The van der Waals surface area contributed by atoms with Crippen molar-refractivity contribution in [1.29, 1.82) is 0 Å². The van der Waals surface area contributed by atoms with E-state index in [0.717, 1.165) is 0 Å². The zero-order chi connectivity index (χ0) is 12.1. The van der Waals surface area contributed by atoms with Crippen LogP contribution < -0.4 is 11.1 Å². The van der Waals surface area contributed by atoms with Crippen molar-refractivity contribution in [2.24, 2.45) is 5.73 Å². The number of nitro benzene ring substituents is 1. The van der Waals surface area contributed by atoms with Gasteiger partial charge in [-0.25, -0.2) is 0 Å². The number of non-ortho nitro benzene ring substituents is 1. The first-order chi connectivity index (χ1) is 7.54. The molecular weight excluding hydrogens is 216 g/mol. The molecule has 0 radical (unpaired) electrons. The average molecular weight is 226 g/mol. The number of anilines is 1. The summed E-state index contributed by atoms with van der Waals surface area (Å²) in [6.45, 7) is -0.163. The first-order valence-corrected chi connectivity index (χ1v) is 4.39. The summed E-state index contributed by atoms with van der Waals surface area (Å²) in [6.07, 6.45) is -1.10. The molecule has 1 aromatic carbocycles. The SMILES string of the molecule is NCC(Nc1ccc([N+](=O)[O-])cc1)[N+](=O)[O-]. The maximum Gasteiger partial charge on any atom is 0.296 e. The van der Waals surface area contributed by atoms with Gasteiger partial charge in [-0.1, -0.05) is 0 Å². The second-order valence-electron chi connectivity index (χ2n) is 2.99. The van der Waals surface area contributed by atoms with Crippen molar-refractivity contribution in [2.75, 3.05) is 11.9 Å². The molecule has 8 heteroatoms. The molecule has 1 rings (SSSR count). The summed E-state index contributed by atoms with van der Waals surface area (Å²) in [5, 5.41) is 23.4. The summed E-state index contributed by atoms with van der Waals surface area (Å²) in [4.78, 5) is 19.7. The Labute approximate surface area is 90.4 Å². The molecule has 0 aliphatic rings. The van der Waals surface area contributed by atoms with Gasteiger partial charge < -0.3 is 11.1 Å². The second kappa shape index (κ2) is 5.03. The Balaban J connectivity index is 2.75. The van der Waals surface area contributed by atoms with Gasteiger partial charge in [0.25, 0.3) is 11.9 Å². The largest absolute Gasteiger partial charge is 0.323 e. The molecule has 0 heterocycles. The van der Waals surface area contributed by atoms with Crippen molar-refractivity contribution >= 4 is 11.4 Å². The van der Waals surface area contributed by atoms with Crippen LogP contribution in [0.4, 0.5) is 11.4 Å². The third-order valence-electron chi connectivity index (χ3n) is 1.89. The number of hydrogen-bond acceptors (Lipinski definition) is 6. The maximum atomic E-state index is 10.5. The standard InChI is InChI=1S/C8H10N4O4/c9-5-8(12(15)16)10-6-1-3-7(4-2-6)11(13)14/h1-4,8,10H,5,9H2. The fraction of sp³-hybridized carbons (Fsp3) is 0.250. The first kappa shape index (κ1) is 11.9. The molecule has 0 saturated heterocycles. The number of nitrogens with two attached hydrogens (primary N) is 1. The number of nitrogens with one attached hydrogen (secondary N) is 1. The Bertz CT molecular complexity index is 392. The third kappa shape index (κ3) is 2.89. The summed E-state index contributed by atoms with van der Waals surface area (Å²) < 4.78 is 0. The Hall–Kier alpha value is -2.22. The Kier molecular flexibility index (Phi) is 3.72. The van der Waals surface area contributed by atoms with E-state index in [1.807, 2.05) is 0 Å². The van der Waals surface area contributed by atoms with Crippen LogP contribution in [0.1, 0.15) is 0 Å². The number of hydrogen-bond donors (Lipinski definition) is 2. The van der Waals surface area contributed by atoms with Crippen molar-refractivity contribution < 1.29 is 9.85 Å². The van der Waals surface area contributed by atoms with Gasteiger partial charge in [0, 0.05) is 22.7 Å². The van der Waals surface area contributed by atoms with Crippen LogP contribution in [0.5, 0.6) is 0 Å². The van der Waals surface area contributed by atoms with Crippen LogP contribution in [0.15, 0.2) is 24.3 Å². The maximum absolute atomic E-state index is 10.5. The van der Waals surface area contributed by atoms with Crippen molar-refractivity contribution in [3.05, 3.63) is 44.5 Å². The highest BCUT2D eigenvalue weighted by Crippen LogP contribution is 2.15. The minimum Gasteiger partial charge on any atom is -0.323 e. The van der Waals surface area contributed by atoms with Crippen LogP contribution in [-0.2, 0) is 0 Å². The van der Waals surface area contributed by atoms with Crippen molar-refractivity contribution in [2.45, 2.75) is 6.17 Å². The fourth-order valence-corrected chi connectivity index (χ4v) is 1.07. The lowest BCUT2D eigenvalue weighted by Crippen LogP contribution is -2.36. The van der Waals surface area contributed by atoms with Gasteiger partial charge in [-0.05, 0) is 12.1 Å². The number of nitrogens with zero attached hydrogens (tertiary/aromatic N) is 2. The lowest BCUT2D eigenvalue weighted by molar-refractivity contribution is -0.511. The van der Waals surface area contributed by atoms with Gasteiger partial charge >= 0.3 is 0 Å². The van der Waals surface area contributed by atoms with Crippen LogP contribution in [0, 0.1) is 20.2 Å². The molecule has 0 saturated carbocycles. The van der Waals surface area contributed by atoms with Gasteiger partial charge in [0.15, 0.2) is 0 Å². The van der Waals surface area contributed by atoms with Crippen LogP contribution in [0.3, 0.4) is 0 Å². The quantitative estimate of drug-likeness (QED) is 0.429. The van der Waals surface area contributed by atoms with Gasteiger partial charge in [0.1, 0.15) is 0 Å². The molecule has 16 heavy (non-hydrogen) atoms. The molecule has 0 aromatic heterocycles. The van der Waals surface area contributed by atoms with Crippen LogP contribution in [0.25, 0.3) is 0 Å². The zero-order valence-corrected chi connectivity index (χ0v) is 8.20. The van der Waals surface area contributed by atoms with E-state index < -0.39 is 16.0 Å². The summed E-state index contributed by atoms with van der Waals surface area (Å²) >= 11 is 0.